The topological polar surface area (TPSA) is 83.9 Å². The predicted molar refractivity (Wildman–Crippen MR) is 98.6 cm³/mol. The lowest BCUT2D eigenvalue weighted by atomic mass is 10.1. The molecule has 1 saturated heterocycles. The van der Waals surface area contributed by atoms with Crippen LogP contribution in [0.25, 0.3) is 0 Å². The summed E-state index contributed by atoms with van der Waals surface area (Å²) in [6.45, 7) is 6.04. The zero-order valence-electron chi connectivity index (χ0n) is 15.8. The molecule has 2 heterocycles. The van der Waals surface area contributed by atoms with E-state index >= 15 is 0 Å². The maximum Gasteiger partial charge on any atom is 0.270 e. The van der Waals surface area contributed by atoms with Crippen LogP contribution in [0.1, 0.15) is 37.2 Å². The lowest BCUT2D eigenvalue weighted by Gasteiger charge is -2.40. The maximum absolute atomic E-state index is 12.5. The lowest BCUT2D eigenvalue weighted by Crippen LogP contribution is -2.52. The number of carbonyl (C=O) groups excluding carboxylic acids is 1. The molecule has 1 amide bonds. The summed E-state index contributed by atoms with van der Waals surface area (Å²) in [6.07, 6.45) is 2.62. The number of aliphatic hydroxyl groups is 1. The third-order valence-corrected chi connectivity index (χ3v) is 5.25. The molecule has 1 aromatic rings. The zero-order valence-corrected chi connectivity index (χ0v) is 15.8. The maximum atomic E-state index is 12.5. The van der Waals surface area contributed by atoms with E-state index in [0.29, 0.717) is 24.1 Å². The molecule has 2 fully saturated rings. The molecule has 2 atom stereocenters. The number of methoxy groups -OCH3 is 1. The molecule has 3 rings (SSSR count). The second-order valence-corrected chi connectivity index (χ2v) is 7.46. The number of nitrogens with one attached hydrogen (secondary N) is 1. The largest absolute Gasteiger partial charge is 0.476 e. The second kappa shape index (κ2) is 8.22. The van der Waals surface area contributed by atoms with Crippen LogP contribution in [-0.2, 0) is 4.74 Å². The number of nitrogens with zero attached hydrogens (tertiary/aromatic N) is 2. The van der Waals surface area contributed by atoms with Gasteiger partial charge in [0.2, 0.25) is 5.88 Å². The van der Waals surface area contributed by atoms with E-state index in [4.69, 9.17) is 9.47 Å². The third kappa shape index (κ3) is 4.45. The van der Waals surface area contributed by atoms with Crippen LogP contribution in [0.4, 0.5) is 5.69 Å². The van der Waals surface area contributed by atoms with Gasteiger partial charge < -0.3 is 24.8 Å². The van der Waals surface area contributed by atoms with Crippen molar-refractivity contribution in [3.63, 3.8) is 0 Å². The van der Waals surface area contributed by atoms with Crippen molar-refractivity contribution >= 4 is 11.6 Å². The molecule has 0 bridgehead atoms. The molecule has 1 aliphatic heterocycles. The third-order valence-electron chi connectivity index (χ3n) is 5.25. The first kappa shape index (κ1) is 18.9. The van der Waals surface area contributed by atoms with E-state index in [1.54, 1.807) is 13.2 Å². The van der Waals surface area contributed by atoms with Gasteiger partial charge in [0, 0.05) is 32.8 Å². The molecule has 0 radical (unpaired) electrons. The van der Waals surface area contributed by atoms with E-state index in [0.717, 1.165) is 18.8 Å². The Morgan fingerprint density at radius 3 is 2.73 bits per heavy atom. The van der Waals surface area contributed by atoms with E-state index in [9.17, 15) is 9.90 Å². The van der Waals surface area contributed by atoms with Crippen LogP contribution in [0, 0.1) is 11.8 Å². The Bertz CT molecular complexity index is 629. The van der Waals surface area contributed by atoms with Crippen LogP contribution in [-0.4, -0.2) is 61.6 Å². The first-order valence-corrected chi connectivity index (χ1v) is 9.35. The molecule has 2 aliphatic rings. The molecule has 26 heavy (non-hydrogen) atoms. The average Bonchev–Trinajstić information content (AvgIpc) is 3.43. The number of hydrogen-bond acceptors (Lipinski definition) is 6. The number of anilines is 1. The molecule has 1 aromatic heterocycles. The lowest BCUT2D eigenvalue weighted by molar-refractivity contribution is 0.0782. The van der Waals surface area contributed by atoms with Gasteiger partial charge in [-0.1, -0.05) is 6.92 Å². The monoisotopic (exact) mass is 363 g/mol. The van der Waals surface area contributed by atoms with Crippen molar-refractivity contribution in [3.8, 4) is 5.88 Å². The van der Waals surface area contributed by atoms with Gasteiger partial charge in [0.15, 0.2) is 0 Å². The normalized spacial score (nSPS) is 19.6. The summed E-state index contributed by atoms with van der Waals surface area (Å²) in [5.41, 5.74) is 1.24. The molecule has 7 nitrogen and oxygen atoms in total. The van der Waals surface area contributed by atoms with Crippen molar-refractivity contribution in [2.75, 3.05) is 38.3 Å². The predicted octanol–water partition coefficient (Wildman–Crippen LogP) is 1.45. The molecular formula is C19H29N3O4. The van der Waals surface area contributed by atoms with Crippen LogP contribution < -0.4 is 15.0 Å². The van der Waals surface area contributed by atoms with Crippen molar-refractivity contribution in [1.82, 2.24) is 10.3 Å². The van der Waals surface area contributed by atoms with E-state index in [-0.39, 0.29) is 30.6 Å². The number of ether oxygens (including phenoxy) is 2. The first-order valence-electron chi connectivity index (χ1n) is 9.35. The van der Waals surface area contributed by atoms with Gasteiger partial charge in [0.05, 0.1) is 12.7 Å². The van der Waals surface area contributed by atoms with Gasteiger partial charge in [-0.3, -0.25) is 4.79 Å². The molecule has 1 aliphatic carbocycles. The van der Waals surface area contributed by atoms with E-state index < -0.39 is 0 Å². The highest BCUT2D eigenvalue weighted by molar-refractivity contribution is 5.93. The number of rotatable bonds is 9. The molecule has 0 spiro atoms. The molecule has 144 valence electrons. The van der Waals surface area contributed by atoms with Crippen molar-refractivity contribution in [3.05, 3.63) is 17.8 Å². The average molecular weight is 363 g/mol. The molecule has 2 N–H and O–H groups in total. The van der Waals surface area contributed by atoms with Crippen LogP contribution in [0.15, 0.2) is 12.1 Å². The van der Waals surface area contributed by atoms with E-state index in [2.05, 4.69) is 15.2 Å². The van der Waals surface area contributed by atoms with Crippen LogP contribution in [0.5, 0.6) is 5.88 Å². The molecular weight excluding hydrogens is 334 g/mol. The molecule has 1 saturated carbocycles. The number of carbonyl (C=O) groups is 1. The highest BCUT2D eigenvalue weighted by Crippen LogP contribution is 2.34. The highest BCUT2D eigenvalue weighted by Gasteiger charge is 2.31. The summed E-state index contributed by atoms with van der Waals surface area (Å²) in [7, 11) is 1.72. The fraction of sp³-hybridized carbons (Fsp3) is 0.684. The Morgan fingerprint density at radius 2 is 2.12 bits per heavy atom. The molecule has 0 unspecified atom stereocenters. The van der Waals surface area contributed by atoms with Gasteiger partial charge in [-0.2, -0.15) is 0 Å². The van der Waals surface area contributed by atoms with Crippen LogP contribution in [0.2, 0.25) is 0 Å². The Balaban J connectivity index is 1.72. The Labute approximate surface area is 154 Å². The summed E-state index contributed by atoms with van der Waals surface area (Å²) in [5.74, 6) is 0.854. The minimum Gasteiger partial charge on any atom is -0.476 e. The fourth-order valence-corrected chi connectivity index (χ4v) is 2.75. The van der Waals surface area contributed by atoms with Crippen LogP contribution in [0.3, 0.4) is 0 Å². The number of pyridine rings is 1. The summed E-state index contributed by atoms with van der Waals surface area (Å²) in [4.78, 5) is 19.1. The van der Waals surface area contributed by atoms with Crippen molar-refractivity contribution in [2.45, 2.75) is 38.8 Å². The van der Waals surface area contributed by atoms with E-state index in [1.165, 1.54) is 12.8 Å². The van der Waals surface area contributed by atoms with Crippen molar-refractivity contribution < 1.29 is 19.4 Å². The number of hydrogen-bond donors (Lipinski definition) is 2. The zero-order chi connectivity index (χ0) is 18.7. The second-order valence-electron chi connectivity index (χ2n) is 7.46. The van der Waals surface area contributed by atoms with Gasteiger partial charge in [-0.15, -0.1) is 0 Å². The molecule has 0 aromatic carbocycles. The van der Waals surface area contributed by atoms with Gasteiger partial charge in [0.25, 0.3) is 5.91 Å². The molecule has 7 heteroatoms. The van der Waals surface area contributed by atoms with Crippen LogP contribution >= 0.6 is 0 Å². The number of aromatic nitrogens is 1. The van der Waals surface area contributed by atoms with Gasteiger partial charge in [-0.05, 0) is 43.7 Å². The highest BCUT2D eigenvalue weighted by atomic mass is 16.5. The minimum atomic E-state index is -0.251. The van der Waals surface area contributed by atoms with Gasteiger partial charge in [-0.25, -0.2) is 4.98 Å². The van der Waals surface area contributed by atoms with Crippen molar-refractivity contribution in [1.29, 1.82) is 0 Å². The Morgan fingerprint density at radius 1 is 1.38 bits per heavy atom. The smallest absolute Gasteiger partial charge is 0.270 e. The summed E-state index contributed by atoms with van der Waals surface area (Å²) < 4.78 is 11.3. The number of amides is 1. The minimum absolute atomic E-state index is 0.0177. The Hall–Kier alpha value is -1.86. The van der Waals surface area contributed by atoms with Gasteiger partial charge in [0.1, 0.15) is 11.4 Å². The Kier molecular flexibility index (Phi) is 5.98. The summed E-state index contributed by atoms with van der Waals surface area (Å²) in [5, 5.41) is 12.1. The standard InChI is InChI=1S/C19H29N3O4/c1-12(10-23)13(2)20-18(24)16-6-7-17(22-8-15(9-22)25-3)19(21-16)26-11-14-4-5-14/h6-7,12-15,23H,4-5,8-11H2,1-3H3,(H,20,24)/t12-,13+/m1/s1. The van der Waals surface area contributed by atoms with E-state index in [1.807, 2.05) is 19.9 Å². The quantitative estimate of drug-likeness (QED) is 0.691. The summed E-state index contributed by atoms with van der Waals surface area (Å²) in [6, 6.07) is 3.49. The number of aliphatic hydroxyl groups excluding tert-OH is 1. The SMILES string of the molecule is COC1CN(c2ccc(C(=O)N[C@@H](C)[C@H](C)CO)nc2OCC2CC2)C1. The summed E-state index contributed by atoms with van der Waals surface area (Å²) >= 11 is 0. The fourth-order valence-electron chi connectivity index (χ4n) is 2.75. The van der Waals surface area contributed by atoms with Gasteiger partial charge >= 0.3 is 0 Å². The van der Waals surface area contributed by atoms with Crippen molar-refractivity contribution in [2.24, 2.45) is 11.8 Å². The first-order chi connectivity index (χ1) is 12.5.